The summed E-state index contributed by atoms with van der Waals surface area (Å²) < 4.78 is 45.9. The quantitative estimate of drug-likeness (QED) is 0.558. The monoisotopic (exact) mass is 473 g/mol. The van der Waals surface area contributed by atoms with Gasteiger partial charge in [0.15, 0.2) is 5.67 Å². The first-order chi connectivity index (χ1) is 15.7. The maximum Gasteiger partial charge on any atom is 0.169 e. The molecule has 33 heavy (non-hydrogen) atoms. The number of hydrogen-bond acceptors (Lipinski definition) is 5. The van der Waals surface area contributed by atoms with Gasteiger partial charge in [0, 0.05) is 34.6 Å². The Morgan fingerprint density at radius 1 is 1.09 bits per heavy atom. The minimum Gasteiger partial charge on any atom is -0.379 e. The first-order valence-electron chi connectivity index (χ1n) is 9.89. The molecule has 4 rings (SSSR count). The van der Waals surface area contributed by atoms with Gasteiger partial charge in [0.05, 0.1) is 6.54 Å². The number of benzene rings is 2. The second kappa shape index (κ2) is 8.84. The molecule has 2 atom stereocenters. The normalized spacial score (nSPS) is 17.3. The average Bonchev–Trinajstić information content (AvgIpc) is 3.14. The first-order valence-corrected chi connectivity index (χ1v) is 10.3. The maximum atomic E-state index is 16.6. The summed E-state index contributed by atoms with van der Waals surface area (Å²) in [5.74, 6) is -1.95. The Hall–Kier alpha value is -3.43. The lowest BCUT2D eigenvalue weighted by molar-refractivity contribution is -0.0961. The van der Waals surface area contributed by atoms with E-state index in [0.29, 0.717) is 11.1 Å². The minimum absolute atomic E-state index is 0.0158. The second-order valence-electron chi connectivity index (χ2n) is 7.70. The molecule has 0 spiro atoms. The van der Waals surface area contributed by atoms with Crippen molar-refractivity contribution >= 4 is 17.2 Å². The molecule has 6 nitrogen and oxygen atoms in total. The van der Waals surface area contributed by atoms with E-state index in [4.69, 9.17) is 11.6 Å². The summed E-state index contributed by atoms with van der Waals surface area (Å²) in [6.07, 6.45) is 7.32. The maximum absolute atomic E-state index is 16.6. The van der Waals surface area contributed by atoms with Crippen molar-refractivity contribution in [2.24, 2.45) is 0 Å². The molecule has 170 valence electrons. The van der Waals surface area contributed by atoms with Gasteiger partial charge in [-0.25, -0.2) is 17.9 Å². The van der Waals surface area contributed by atoms with Crippen LogP contribution in [-0.2, 0) is 12.1 Å². The third-order valence-corrected chi connectivity index (χ3v) is 5.83. The number of hydrogen-bond donors (Lipinski definition) is 2. The number of alkyl halides is 1. The molecule has 1 aromatic heterocycles. The van der Waals surface area contributed by atoms with Crippen LogP contribution in [0.4, 0.5) is 13.2 Å². The molecule has 0 aliphatic carbocycles. The highest BCUT2D eigenvalue weighted by Gasteiger charge is 2.53. The molecule has 0 amide bonds. The van der Waals surface area contributed by atoms with Crippen LogP contribution in [0.5, 0.6) is 0 Å². The van der Waals surface area contributed by atoms with Crippen molar-refractivity contribution in [1.29, 1.82) is 0 Å². The lowest BCUT2D eigenvalue weighted by Gasteiger charge is -2.40. The van der Waals surface area contributed by atoms with Gasteiger partial charge in [-0.1, -0.05) is 42.0 Å². The van der Waals surface area contributed by atoms with Crippen molar-refractivity contribution in [3.8, 4) is 0 Å². The Morgan fingerprint density at radius 3 is 2.52 bits per heavy atom. The van der Waals surface area contributed by atoms with Crippen LogP contribution in [-0.4, -0.2) is 31.0 Å². The van der Waals surface area contributed by atoms with E-state index in [9.17, 15) is 13.9 Å². The number of tetrazole rings is 1. The highest BCUT2D eigenvalue weighted by Crippen LogP contribution is 2.44. The van der Waals surface area contributed by atoms with Crippen molar-refractivity contribution in [3.05, 3.63) is 107 Å². The van der Waals surface area contributed by atoms with Crippen LogP contribution in [0.2, 0.25) is 5.02 Å². The third-order valence-electron chi connectivity index (χ3n) is 5.58. The Kier molecular flexibility index (Phi) is 6.09. The number of nitrogens with one attached hydrogen (secondary N) is 1. The Labute approximate surface area is 192 Å². The van der Waals surface area contributed by atoms with E-state index in [1.54, 1.807) is 24.4 Å². The number of rotatable bonds is 6. The zero-order valence-electron chi connectivity index (χ0n) is 17.4. The van der Waals surface area contributed by atoms with Gasteiger partial charge in [-0.05, 0) is 46.7 Å². The number of allylic oxidation sites excluding steroid dienone is 3. The van der Waals surface area contributed by atoms with Crippen LogP contribution in [0.15, 0.2) is 78.9 Å². The van der Waals surface area contributed by atoms with Crippen LogP contribution in [0.1, 0.15) is 18.1 Å². The summed E-state index contributed by atoms with van der Waals surface area (Å²) in [5.41, 5.74) is -3.93. The average molecular weight is 474 g/mol. The van der Waals surface area contributed by atoms with E-state index in [1.165, 1.54) is 12.3 Å². The first kappa shape index (κ1) is 22.8. The summed E-state index contributed by atoms with van der Waals surface area (Å²) in [4.78, 5) is 0. The molecule has 2 unspecified atom stereocenters. The summed E-state index contributed by atoms with van der Waals surface area (Å²) in [5, 5.41) is 25.7. The molecule has 0 fully saturated rings. The SMILES string of the molecule is CC(F)(C1=CNC=C(c2ccc(Cl)cc2)C=C1)C(O)(Cn1cnnn1)c1ccc(F)cc1F. The van der Waals surface area contributed by atoms with Gasteiger partial charge in [0.25, 0.3) is 0 Å². The summed E-state index contributed by atoms with van der Waals surface area (Å²) >= 11 is 5.94. The smallest absolute Gasteiger partial charge is 0.169 e. The standard InChI is InChI=1S/C23H19ClF3N5O/c1-22(27,17-5-2-16(11-28-12-17)15-3-6-18(24)7-4-15)23(33,13-32-14-29-30-31-32)20-9-8-19(25)10-21(20)26/h2-12,14,28,33H,13H2,1H3. The molecule has 0 saturated heterocycles. The third kappa shape index (κ3) is 4.42. The van der Waals surface area contributed by atoms with Crippen LogP contribution in [0.3, 0.4) is 0 Å². The molecule has 2 heterocycles. The Morgan fingerprint density at radius 2 is 1.85 bits per heavy atom. The van der Waals surface area contributed by atoms with Gasteiger partial charge in [0.1, 0.15) is 23.6 Å². The van der Waals surface area contributed by atoms with Crippen LogP contribution < -0.4 is 5.32 Å². The molecule has 0 bridgehead atoms. The van der Waals surface area contributed by atoms with Crippen molar-refractivity contribution in [2.45, 2.75) is 24.7 Å². The molecule has 2 aromatic carbocycles. The van der Waals surface area contributed by atoms with Gasteiger partial charge in [-0.2, -0.15) is 0 Å². The van der Waals surface area contributed by atoms with E-state index in [2.05, 4.69) is 20.8 Å². The molecule has 1 aliphatic heterocycles. The van der Waals surface area contributed by atoms with E-state index >= 15 is 4.39 Å². The summed E-state index contributed by atoms with van der Waals surface area (Å²) in [7, 11) is 0. The van der Waals surface area contributed by atoms with E-state index in [1.807, 2.05) is 12.1 Å². The molecule has 0 saturated carbocycles. The number of aliphatic hydroxyl groups is 1. The highest BCUT2D eigenvalue weighted by atomic mass is 35.5. The number of aromatic nitrogens is 4. The Balaban J connectivity index is 1.74. The van der Waals surface area contributed by atoms with Gasteiger partial charge >= 0.3 is 0 Å². The van der Waals surface area contributed by atoms with Crippen molar-refractivity contribution in [2.75, 3.05) is 0 Å². The fraction of sp³-hybridized carbons (Fsp3) is 0.174. The van der Waals surface area contributed by atoms with Gasteiger partial charge in [-0.3, -0.25) is 0 Å². The topological polar surface area (TPSA) is 75.9 Å². The molecular weight excluding hydrogens is 455 g/mol. The zero-order chi connectivity index (χ0) is 23.6. The molecule has 2 N–H and O–H groups in total. The van der Waals surface area contributed by atoms with Crippen LogP contribution in [0, 0.1) is 11.6 Å². The Bertz CT molecular complexity index is 1240. The van der Waals surface area contributed by atoms with Crippen molar-refractivity contribution < 1.29 is 18.3 Å². The number of nitrogens with zero attached hydrogens (tertiary/aromatic N) is 4. The van der Waals surface area contributed by atoms with Crippen LogP contribution >= 0.6 is 11.6 Å². The lowest BCUT2D eigenvalue weighted by atomic mass is 9.75. The van der Waals surface area contributed by atoms with Crippen molar-refractivity contribution in [1.82, 2.24) is 25.5 Å². The zero-order valence-corrected chi connectivity index (χ0v) is 18.1. The minimum atomic E-state index is -2.57. The summed E-state index contributed by atoms with van der Waals surface area (Å²) in [6, 6.07) is 9.63. The molecule has 3 aromatic rings. The van der Waals surface area contributed by atoms with E-state index in [-0.39, 0.29) is 5.57 Å². The number of halogens is 4. The highest BCUT2D eigenvalue weighted by molar-refractivity contribution is 6.30. The molecule has 10 heteroatoms. The molecule has 0 radical (unpaired) electrons. The predicted molar refractivity (Wildman–Crippen MR) is 117 cm³/mol. The lowest BCUT2D eigenvalue weighted by Crippen LogP contribution is -2.51. The van der Waals surface area contributed by atoms with E-state index < -0.39 is 35.0 Å². The second-order valence-corrected chi connectivity index (χ2v) is 8.14. The van der Waals surface area contributed by atoms with Gasteiger partial charge in [-0.15, -0.1) is 5.10 Å². The van der Waals surface area contributed by atoms with Crippen LogP contribution in [0.25, 0.3) is 5.57 Å². The molecule has 1 aliphatic rings. The van der Waals surface area contributed by atoms with E-state index in [0.717, 1.165) is 41.2 Å². The fourth-order valence-corrected chi connectivity index (χ4v) is 3.77. The van der Waals surface area contributed by atoms with Gasteiger partial charge < -0.3 is 10.4 Å². The summed E-state index contributed by atoms with van der Waals surface area (Å²) in [6.45, 7) is 0.587. The largest absolute Gasteiger partial charge is 0.379 e. The van der Waals surface area contributed by atoms with Crippen molar-refractivity contribution in [3.63, 3.8) is 0 Å². The van der Waals surface area contributed by atoms with Gasteiger partial charge in [0.2, 0.25) is 0 Å². The predicted octanol–water partition coefficient (Wildman–Crippen LogP) is 4.31. The molecular formula is C23H19ClF3N5O. The fourth-order valence-electron chi connectivity index (χ4n) is 3.65.